The van der Waals surface area contributed by atoms with Crippen LogP contribution in [0.4, 0.5) is 11.5 Å². The second-order valence-electron chi connectivity index (χ2n) is 5.64. The van der Waals surface area contributed by atoms with E-state index in [9.17, 15) is 4.79 Å². The van der Waals surface area contributed by atoms with E-state index in [-0.39, 0.29) is 11.3 Å². The minimum absolute atomic E-state index is 0.109. The molecule has 1 saturated carbocycles. The van der Waals surface area contributed by atoms with Gasteiger partial charge in [0.1, 0.15) is 5.82 Å². The molecule has 0 radical (unpaired) electrons. The normalized spacial score (nSPS) is 22.4. The van der Waals surface area contributed by atoms with Crippen LogP contribution in [0.3, 0.4) is 0 Å². The van der Waals surface area contributed by atoms with Gasteiger partial charge in [-0.25, -0.2) is 9.78 Å². The number of nitrogens with two attached hydrogens (primary N) is 1. The molecule has 110 valence electrons. The Morgan fingerprint density at radius 2 is 2.05 bits per heavy atom. The second-order valence-corrected chi connectivity index (χ2v) is 5.64. The van der Waals surface area contributed by atoms with Crippen LogP contribution in [0.5, 0.6) is 0 Å². The minimum Gasteiger partial charge on any atom is -0.478 e. The number of hydrogen-bond acceptors (Lipinski definition) is 4. The van der Waals surface area contributed by atoms with Gasteiger partial charge < -0.3 is 16.2 Å². The molecular formula is C15H23N3O2. The van der Waals surface area contributed by atoms with Crippen molar-refractivity contribution in [3.05, 3.63) is 17.8 Å². The fourth-order valence-electron chi connectivity index (χ4n) is 2.84. The van der Waals surface area contributed by atoms with Gasteiger partial charge in [0.15, 0.2) is 0 Å². The van der Waals surface area contributed by atoms with Gasteiger partial charge in [-0.15, -0.1) is 0 Å². The third-order valence-electron chi connectivity index (χ3n) is 4.28. The zero-order chi connectivity index (χ0) is 14.5. The maximum absolute atomic E-state index is 11.0. The van der Waals surface area contributed by atoms with Gasteiger partial charge in [-0.1, -0.05) is 26.2 Å². The van der Waals surface area contributed by atoms with Gasteiger partial charge in [0.25, 0.3) is 0 Å². The summed E-state index contributed by atoms with van der Waals surface area (Å²) in [5.41, 5.74) is 5.90. The number of nitrogens with zero attached hydrogens (tertiary/aromatic N) is 1. The fourth-order valence-corrected chi connectivity index (χ4v) is 2.84. The number of carbonyl (C=O) groups is 1. The summed E-state index contributed by atoms with van der Waals surface area (Å²) in [6.45, 7) is 3.11. The highest BCUT2D eigenvalue weighted by Gasteiger charge is 2.20. The zero-order valence-corrected chi connectivity index (χ0v) is 11.9. The minimum atomic E-state index is -1.02. The summed E-state index contributed by atoms with van der Waals surface area (Å²) in [4.78, 5) is 15.2. The molecule has 1 fully saturated rings. The lowest BCUT2D eigenvalue weighted by molar-refractivity contribution is 0.0698. The number of anilines is 2. The van der Waals surface area contributed by atoms with E-state index in [0.29, 0.717) is 11.7 Å². The van der Waals surface area contributed by atoms with Crippen molar-refractivity contribution < 1.29 is 9.90 Å². The first-order valence-corrected chi connectivity index (χ1v) is 7.32. The van der Waals surface area contributed by atoms with Crippen LogP contribution in [0.2, 0.25) is 0 Å². The van der Waals surface area contributed by atoms with Gasteiger partial charge in [-0.2, -0.15) is 0 Å². The van der Waals surface area contributed by atoms with Crippen LogP contribution < -0.4 is 11.1 Å². The van der Waals surface area contributed by atoms with Gasteiger partial charge >= 0.3 is 5.97 Å². The number of aromatic nitrogens is 1. The smallest absolute Gasteiger partial charge is 0.337 e. The molecule has 5 heteroatoms. The average Bonchev–Trinajstić information content (AvgIpc) is 2.46. The standard InChI is InChI=1S/C15H23N3O2/c1-2-10-3-5-11(6-4-10)8-17-14-7-12(15(19)20)13(16)9-18-14/h7,9-11H,2-6,8,16H2,1H3,(H,17,18)(H,19,20). The van der Waals surface area contributed by atoms with Crippen LogP contribution in [0.25, 0.3) is 0 Å². The Kier molecular flexibility index (Phi) is 4.82. The molecule has 0 saturated heterocycles. The summed E-state index contributed by atoms with van der Waals surface area (Å²) in [7, 11) is 0. The monoisotopic (exact) mass is 277 g/mol. The van der Waals surface area contributed by atoms with Gasteiger partial charge in [0, 0.05) is 6.54 Å². The summed E-state index contributed by atoms with van der Waals surface area (Å²) in [6.07, 6.45) is 7.77. The molecule has 0 bridgehead atoms. The van der Waals surface area contributed by atoms with Crippen molar-refractivity contribution in [1.82, 2.24) is 4.98 Å². The second kappa shape index (κ2) is 6.59. The molecule has 0 atom stereocenters. The van der Waals surface area contributed by atoms with E-state index < -0.39 is 5.97 Å². The van der Waals surface area contributed by atoms with E-state index in [2.05, 4.69) is 17.2 Å². The van der Waals surface area contributed by atoms with Gasteiger partial charge in [0.05, 0.1) is 17.4 Å². The molecule has 1 aromatic rings. The topological polar surface area (TPSA) is 88.2 Å². The first-order chi connectivity index (χ1) is 9.60. The summed E-state index contributed by atoms with van der Waals surface area (Å²) < 4.78 is 0. The number of carboxylic acids is 1. The third-order valence-corrected chi connectivity index (χ3v) is 4.28. The van der Waals surface area contributed by atoms with Crippen molar-refractivity contribution in [2.24, 2.45) is 11.8 Å². The van der Waals surface area contributed by atoms with E-state index in [1.54, 1.807) is 0 Å². The average molecular weight is 277 g/mol. The highest BCUT2D eigenvalue weighted by atomic mass is 16.4. The first kappa shape index (κ1) is 14.6. The maximum Gasteiger partial charge on any atom is 0.337 e. The lowest BCUT2D eigenvalue weighted by atomic mass is 9.81. The van der Waals surface area contributed by atoms with Crippen molar-refractivity contribution in [1.29, 1.82) is 0 Å². The van der Waals surface area contributed by atoms with Gasteiger partial charge in [0.2, 0.25) is 0 Å². The van der Waals surface area contributed by atoms with Crippen LogP contribution in [0, 0.1) is 11.8 Å². The van der Waals surface area contributed by atoms with Crippen molar-refractivity contribution in [2.45, 2.75) is 39.0 Å². The van der Waals surface area contributed by atoms with Crippen LogP contribution in [-0.4, -0.2) is 22.6 Å². The number of carboxylic acid groups (broad SMARTS) is 1. The molecule has 4 N–H and O–H groups in total. The molecule has 0 aliphatic heterocycles. The molecule has 0 unspecified atom stereocenters. The Morgan fingerprint density at radius 1 is 1.40 bits per heavy atom. The Morgan fingerprint density at radius 3 is 2.65 bits per heavy atom. The first-order valence-electron chi connectivity index (χ1n) is 7.32. The van der Waals surface area contributed by atoms with Crippen LogP contribution in [-0.2, 0) is 0 Å². The molecule has 0 spiro atoms. The SMILES string of the molecule is CCC1CCC(CNc2cc(C(=O)O)c(N)cn2)CC1. The summed E-state index contributed by atoms with van der Waals surface area (Å²) in [6, 6.07) is 1.51. The molecule has 1 aromatic heterocycles. The Balaban J connectivity index is 1.88. The molecule has 1 heterocycles. The number of hydrogen-bond donors (Lipinski definition) is 3. The summed E-state index contributed by atoms with van der Waals surface area (Å²) >= 11 is 0. The van der Waals surface area contributed by atoms with E-state index >= 15 is 0 Å². The summed E-state index contributed by atoms with van der Waals surface area (Å²) in [5, 5.41) is 12.3. The lowest BCUT2D eigenvalue weighted by Crippen LogP contribution is -2.21. The van der Waals surface area contributed by atoms with Crippen LogP contribution in [0.1, 0.15) is 49.4 Å². The Hall–Kier alpha value is -1.78. The number of rotatable bonds is 5. The fraction of sp³-hybridized carbons (Fsp3) is 0.600. The van der Waals surface area contributed by atoms with E-state index in [1.807, 2.05) is 0 Å². The van der Waals surface area contributed by atoms with E-state index in [1.165, 1.54) is 44.4 Å². The molecule has 0 aromatic carbocycles. The molecule has 2 rings (SSSR count). The quantitative estimate of drug-likeness (QED) is 0.770. The van der Waals surface area contributed by atoms with Crippen molar-refractivity contribution in [3.63, 3.8) is 0 Å². The Bertz CT molecular complexity index is 468. The van der Waals surface area contributed by atoms with E-state index in [0.717, 1.165) is 12.5 Å². The maximum atomic E-state index is 11.0. The molecular weight excluding hydrogens is 254 g/mol. The van der Waals surface area contributed by atoms with E-state index in [4.69, 9.17) is 10.8 Å². The number of pyridine rings is 1. The third kappa shape index (κ3) is 3.62. The number of nitrogen functional groups attached to an aromatic ring is 1. The predicted molar refractivity (Wildman–Crippen MR) is 79.8 cm³/mol. The van der Waals surface area contributed by atoms with Crippen molar-refractivity contribution in [3.8, 4) is 0 Å². The molecule has 20 heavy (non-hydrogen) atoms. The molecule has 5 nitrogen and oxygen atoms in total. The number of nitrogens with one attached hydrogen (secondary N) is 1. The lowest BCUT2D eigenvalue weighted by Gasteiger charge is -2.28. The summed E-state index contributed by atoms with van der Waals surface area (Å²) in [5.74, 6) is 1.12. The highest BCUT2D eigenvalue weighted by Crippen LogP contribution is 2.30. The largest absolute Gasteiger partial charge is 0.478 e. The van der Waals surface area contributed by atoms with Crippen molar-refractivity contribution in [2.75, 3.05) is 17.6 Å². The molecule has 1 aliphatic rings. The van der Waals surface area contributed by atoms with Crippen LogP contribution in [0.15, 0.2) is 12.3 Å². The predicted octanol–water partition coefficient (Wildman–Crippen LogP) is 2.99. The number of aromatic carboxylic acids is 1. The Labute approximate surface area is 119 Å². The molecule has 1 aliphatic carbocycles. The zero-order valence-electron chi connectivity index (χ0n) is 11.9. The van der Waals surface area contributed by atoms with Crippen molar-refractivity contribution >= 4 is 17.5 Å². The molecule has 0 amide bonds. The van der Waals surface area contributed by atoms with Crippen LogP contribution >= 0.6 is 0 Å². The van der Waals surface area contributed by atoms with Gasteiger partial charge in [-0.05, 0) is 30.7 Å². The van der Waals surface area contributed by atoms with Gasteiger partial charge in [-0.3, -0.25) is 0 Å². The highest BCUT2D eigenvalue weighted by molar-refractivity contribution is 5.94.